The Kier molecular flexibility index (Phi) is 6.43. The topological polar surface area (TPSA) is 63.2 Å². The molecule has 34 heavy (non-hydrogen) atoms. The van der Waals surface area contributed by atoms with Crippen LogP contribution in [0.2, 0.25) is 0 Å². The molecule has 10 heteroatoms. The molecule has 1 atom stereocenters. The molecule has 0 spiro atoms. The Morgan fingerprint density at radius 1 is 0.882 bits per heavy atom. The van der Waals surface area contributed by atoms with Gasteiger partial charge in [-0.25, -0.2) is 14.7 Å². The molecule has 4 rings (SSSR count). The van der Waals surface area contributed by atoms with E-state index in [0.717, 1.165) is 4.90 Å². The van der Waals surface area contributed by atoms with Gasteiger partial charge in [-0.3, -0.25) is 0 Å². The van der Waals surface area contributed by atoms with E-state index >= 15 is 0 Å². The van der Waals surface area contributed by atoms with Crippen LogP contribution in [0, 0.1) is 0 Å². The van der Waals surface area contributed by atoms with Gasteiger partial charge in [-0.15, -0.1) is 0 Å². The highest BCUT2D eigenvalue weighted by atomic mass is 32.2. The molecule has 3 aromatic carbocycles. The Morgan fingerprint density at radius 2 is 1.44 bits per heavy atom. The predicted molar refractivity (Wildman–Crippen MR) is 126 cm³/mol. The summed E-state index contributed by atoms with van der Waals surface area (Å²) in [5.41, 5.74) is 0.584. The van der Waals surface area contributed by atoms with E-state index in [-0.39, 0.29) is 10.7 Å². The molecule has 1 N–H and O–H groups in total. The van der Waals surface area contributed by atoms with E-state index in [1.54, 1.807) is 54.6 Å². The highest BCUT2D eigenvalue weighted by molar-refractivity contribution is 8.15. The molecule has 0 aromatic heterocycles. The van der Waals surface area contributed by atoms with Gasteiger partial charge in [-0.2, -0.15) is 13.2 Å². The number of methoxy groups -OCH3 is 2. The molecule has 0 unspecified atom stereocenters. The van der Waals surface area contributed by atoms with Crippen molar-refractivity contribution in [1.82, 2.24) is 5.32 Å². The standard InChI is InChI=1S/C24H20F3N3O3S/c1-32-19-12-8-17(9-13-19)28-22-30(18-10-14-20(33-2)15-11-18)21(31)29-23(34-22,24(25,26)27)16-6-4-3-5-7-16/h3-15H,1-2H3,(H,29,31)/t23-/m0/s1. The number of aliphatic imine (C=N–C) groups is 1. The normalized spacial score (nSPS) is 19.6. The number of amides is 2. The predicted octanol–water partition coefficient (Wildman–Crippen LogP) is 6.07. The largest absolute Gasteiger partial charge is 0.497 e. The summed E-state index contributed by atoms with van der Waals surface area (Å²) in [5.74, 6) is 1.11. The molecule has 0 saturated carbocycles. The van der Waals surface area contributed by atoms with Crippen molar-refractivity contribution < 1.29 is 27.4 Å². The number of hydrogen-bond donors (Lipinski definition) is 1. The first-order valence-electron chi connectivity index (χ1n) is 10.1. The molecule has 1 fully saturated rings. The average Bonchev–Trinajstić information content (AvgIpc) is 2.84. The van der Waals surface area contributed by atoms with Gasteiger partial charge >= 0.3 is 12.2 Å². The van der Waals surface area contributed by atoms with E-state index in [2.05, 4.69) is 10.3 Å². The molecule has 1 saturated heterocycles. The molecular formula is C24H20F3N3O3S. The van der Waals surface area contributed by atoms with Gasteiger partial charge in [0.15, 0.2) is 5.17 Å². The van der Waals surface area contributed by atoms with Gasteiger partial charge in [-0.1, -0.05) is 30.3 Å². The van der Waals surface area contributed by atoms with Gasteiger partial charge in [0.1, 0.15) is 11.5 Å². The number of carbonyl (C=O) groups is 1. The Labute approximate surface area is 198 Å². The third-order valence-electron chi connectivity index (χ3n) is 5.13. The molecule has 176 valence electrons. The summed E-state index contributed by atoms with van der Waals surface area (Å²) in [6.07, 6.45) is -4.82. The number of anilines is 1. The summed E-state index contributed by atoms with van der Waals surface area (Å²) in [6, 6.07) is 19.1. The van der Waals surface area contributed by atoms with Crippen molar-refractivity contribution in [2.24, 2.45) is 4.99 Å². The number of urea groups is 1. The molecule has 0 bridgehead atoms. The van der Waals surface area contributed by atoms with Crippen molar-refractivity contribution in [3.05, 3.63) is 84.4 Å². The molecule has 0 aliphatic carbocycles. The van der Waals surface area contributed by atoms with Crippen LogP contribution in [0.5, 0.6) is 11.5 Å². The second-order valence-electron chi connectivity index (χ2n) is 7.20. The first kappa shape index (κ1) is 23.5. The van der Waals surface area contributed by atoms with E-state index in [4.69, 9.17) is 9.47 Å². The number of carbonyl (C=O) groups excluding carboxylic acids is 1. The first-order chi connectivity index (χ1) is 16.3. The second-order valence-corrected chi connectivity index (χ2v) is 8.38. The number of hydrogen-bond acceptors (Lipinski definition) is 5. The maximum Gasteiger partial charge on any atom is 0.425 e. The van der Waals surface area contributed by atoms with Crippen LogP contribution in [0.25, 0.3) is 0 Å². The fourth-order valence-electron chi connectivity index (χ4n) is 3.40. The second kappa shape index (κ2) is 9.30. The maximum atomic E-state index is 14.6. The Hall–Kier alpha value is -3.66. The smallest absolute Gasteiger partial charge is 0.425 e. The Balaban J connectivity index is 1.86. The highest BCUT2D eigenvalue weighted by Crippen LogP contribution is 2.51. The number of benzene rings is 3. The number of nitrogens with zero attached hydrogens (tertiary/aromatic N) is 2. The summed E-state index contributed by atoms with van der Waals surface area (Å²) < 4.78 is 53.9. The van der Waals surface area contributed by atoms with Crippen LogP contribution >= 0.6 is 11.8 Å². The quantitative estimate of drug-likeness (QED) is 0.475. The summed E-state index contributed by atoms with van der Waals surface area (Å²) in [5, 5.41) is 2.05. The van der Waals surface area contributed by atoms with E-state index < -0.39 is 17.1 Å². The van der Waals surface area contributed by atoms with Crippen LogP contribution in [0.1, 0.15) is 5.56 Å². The minimum Gasteiger partial charge on any atom is -0.497 e. The zero-order valence-electron chi connectivity index (χ0n) is 18.2. The minimum atomic E-state index is -4.82. The molecule has 2 amide bonds. The van der Waals surface area contributed by atoms with Gasteiger partial charge in [0, 0.05) is 0 Å². The van der Waals surface area contributed by atoms with Gasteiger partial charge < -0.3 is 14.8 Å². The molecule has 1 aliphatic heterocycles. The van der Waals surface area contributed by atoms with E-state index in [0.29, 0.717) is 34.6 Å². The number of amidine groups is 1. The van der Waals surface area contributed by atoms with Crippen molar-refractivity contribution in [1.29, 1.82) is 0 Å². The maximum absolute atomic E-state index is 14.6. The Bertz CT molecular complexity index is 1190. The van der Waals surface area contributed by atoms with Crippen LogP contribution < -0.4 is 19.7 Å². The molecular weight excluding hydrogens is 467 g/mol. The van der Waals surface area contributed by atoms with Gasteiger partial charge in [0.2, 0.25) is 4.87 Å². The zero-order valence-corrected chi connectivity index (χ0v) is 19.0. The van der Waals surface area contributed by atoms with Crippen molar-refractivity contribution in [3.8, 4) is 11.5 Å². The van der Waals surface area contributed by atoms with Crippen molar-refractivity contribution in [3.63, 3.8) is 0 Å². The summed E-state index contributed by atoms with van der Waals surface area (Å²) in [6.45, 7) is 0. The lowest BCUT2D eigenvalue weighted by Gasteiger charge is -2.43. The molecule has 3 aromatic rings. The summed E-state index contributed by atoms with van der Waals surface area (Å²) in [4.78, 5) is 16.1. The van der Waals surface area contributed by atoms with Gasteiger partial charge in [0.05, 0.1) is 25.6 Å². The third kappa shape index (κ3) is 4.41. The summed E-state index contributed by atoms with van der Waals surface area (Å²) >= 11 is 0.417. The number of nitrogens with one attached hydrogen (secondary N) is 1. The third-order valence-corrected chi connectivity index (χ3v) is 6.46. The monoisotopic (exact) mass is 487 g/mol. The number of thioether (sulfide) groups is 1. The lowest BCUT2D eigenvalue weighted by atomic mass is 10.1. The lowest BCUT2D eigenvalue weighted by Crippen LogP contribution is -2.63. The molecule has 1 heterocycles. The van der Waals surface area contributed by atoms with Gasteiger partial charge in [-0.05, 0) is 65.9 Å². The van der Waals surface area contributed by atoms with E-state index in [1.165, 1.54) is 38.5 Å². The van der Waals surface area contributed by atoms with E-state index in [1.807, 2.05) is 0 Å². The van der Waals surface area contributed by atoms with Crippen LogP contribution in [0.3, 0.4) is 0 Å². The first-order valence-corrected chi connectivity index (χ1v) is 10.9. The zero-order chi connectivity index (χ0) is 24.3. The number of rotatable bonds is 5. The number of ether oxygens (including phenoxy) is 2. The van der Waals surface area contributed by atoms with Crippen molar-refractivity contribution in [2.75, 3.05) is 19.1 Å². The lowest BCUT2D eigenvalue weighted by molar-refractivity contribution is -0.167. The van der Waals surface area contributed by atoms with Gasteiger partial charge in [0.25, 0.3) is 0 Å². The summed E-state index contributed by atoms with van der Waals surface area (Å²) in [7, 11) is 3.00. The molecule has 0 radical (unpaired) electrons. The van der Waals surface area contributed by atoms with Crippen molar-refractivity contribution in [2.45, 2.75) is 11.0 Å². The molecule has 1 aliphatic rings. The fourth-order valence-corrected chi connectivity index (χ4v) is 4.61. The average molecular weight is 488 g/mol. The van der Waals surface area contributed by atoms with Crippen LogP contribution in [-0.2, 0) is 4.87 Å². The van der Waals surface area contributed by atoms with Crippen LogP contribution in [0.4, 0.5) is 29.3 Å². The Morgan fingerprint density at radius 3 is 1.97 bits per heavy atom. The highest BCUT2D eigenvalue weighted by Gasteiger charge is 2.62. The number of halogens is 3. The minimum absolute atomic E-state index is 0.113. The number of alkyl halides is 3. The van der Waals surface area contributed by atoms with E-state index in [9.17, 15) is 18.0 Å². The van der Waals surface area contributed by atoms with Crippen LogP contribution in [-0.4, -0.2) is 31.6 Å². The SMILES string of the molecule is COc1ccc(N=C2S[C@@](c3ccccc3)(C(F)(F)F)NC(=O)N2c2ccc(OC)cc2)cc1. The fraction of sp³-hybridized carbons (Fsp3) is 0.167. The molecule has 6 nitrogen and oxygen atoms in total. The van der Waals surface area contributed by atoms with Crippen molar-refractivity contribution >= 4 is 34.3 Å². The van der Waals surface area contributed by atoms with Crippen LogP contribution in [0.15, 0.2) is 83.9 Å².